The lowest BCUT2D eigenvalue weighted by Gasteiger charge is -2.38. The smallest absolute Gasteiger partial charge is 0.239 e. The van der Waals surface area contributed by atoms with Gasteiger partial charge in [-0.25, -0.2) is 4.90 Å². The zero-order valence-corrected chi connectivity index (χ0v) is 20.8. The number of nitriles is 1. The molecule has 0 radical (unpaired) electrons. The van der Waals surface area contributed by atoms with Gasteiger partial charge in [0.2, 0.25) is 11.8 Å². The minimum absolute atomic E-state index is 0.00103. The lowest BCUT2D eigenvalue weighted by Crippen LogP contribution is -2.41. The molecule has 5 nitrogen and oxygen atoms in total. The number of anilines is 1. The van der Waals surface area contributed by atoms with Crippen LogP contribution in [0.15, 0.2) is 84.9 Å². The van der Waals surface area contributed by atoms with Crippen molar-refractivity contribution < 1.29 is 14.4 Å². The Bertz CT molecular complexity index is 1430. The summed E-state index contributed by atoms with van der Waals surface area (Å²) in [5, 5.41) is 9.20. The Morgan fingerprint density at radius 3 is 1.51 bits per heavy atom. The number of carbonyl (C=O) groups is 3. The van der Waals surface area contributed by atoms with Gasteiger partial charge in [0.1, 0.15) is 0 Å². The van der Waals surface area contributed by atoms with E-state index in [2.05, 4.69) is 6.07 Å². The van der Waals surface area contributed by atoms with Crippen molar-refractivity contribution in [2.75, 3.05) is 4.90 Å². The number of carbonyl (C=O) groups excluding carboxylic acids is 3. The number of rotatable bonds is 5. The van der Waals surface area contributed by atoms with Crippen LogP contribution in [0.1, 0.15) is 43.4 Å². The van der Waals surface area contributed by atoms with E-state index in [9.17, 15) is 19.6 Å². The summed E-state index contributed by atoms with van der Waals surface area (Å²) in [4.78, 5) is 44.3. The molecule has 3 aromatic rings. The zero-order valence-electron chi connectivity index (χ0n) is 20.8. The number of amides is 2. The highest BCUT2D eigenvalue weighted by molar-refractivity contribution is 6.34. The Morgan fingerprint density at radius 2 is 1.14 bits per heavy atom. The van der Waals surface area contributed by atoms with Gasteiger partial charge in [0.05, 0.1) is 40.0 Å². The van der Waals surface area contributed by atoms with Crippen molar-refractivity contribution in [3.05, 3.63) is 102 Å². The lowest BCUT2D eigenvalue weighted by atomic mass is 9.60. The van der Waals surface area contributed by atoms with E-state index in [0.29, 0.717) is 24.1 Å². The molecule has 3 aromatic carbocycles. The Balaban J connectivity index is 1.65. The van der Waals surface area contributed by atoms with Gasteiger partial charge in [0.15, 0.2) is 5.78 Å². The first-order valence-electron chi connectivity index (χ1n) is 12.8. The summed E-state index contributed by atoms with van der Waals surface area (Å²) >= 11 is 0. The molecule has 2 fully saturated rings. The monoisotopic (exact) mass is 486 g/mol. The Kier molecular flexibility index (Phi) is 5.07. The average molecular weight is 487 g/mol. The van der Waals surface area contributed by atoms with Gasteiger partial charge in [0, 0.05) is 0 Å². The number of ketones is 1. The van der Waals surface area contributed by atoms with E-state index in [1.807, 2.05) is 74.5 Å². The molecule has 0 unspecified atom stereocenters. The first-order chi connectivity index (χ1) is 18.0. The summed E-state index contributed by atoms with van der Waals surface area (Å²) in [6, 6.07) is 28.3. The van der Waals surface area contributed by atoms with Gasteiger partial charge in [-0.05, 0) is 59.4 Å². The maximum atomic E-state index is 14.7. The SMILES string of the molecule is CC[C@]12C(=O)[C@](CC)(C(c3ccccc3)=C1c1ccccc1)[C@@H]1C(=O)N(c3ccc(C#N)cc3)C(=O)[C@H]12. The van der Waals surface area contributed by atoms with E-state index >= 15 is 0 Å². The number of Topliss-reactive ketones (excluding diaryl/α,β-unsaturated/α-hetero) is 1. The Labute approximate surface area is 216 Å². The van der Waals surface area contributed by atoms with Crippen molar-refractivity contribution in [1.29, 1.82) is 5.26 Å². The van der Waals surface area contributed by atoms with Crippen molar-refractivity contribution in [3.8, 4) is 6.07 Å². The molecule has 0 spiro atoms. The normalized spacial score (nSPS) is 28.1. The molecule has 5 heteroatoms. The van der Waals surface area contributed by atoms with Crippen molar-refractivity contribution in [3.63, 3.8) is 0 Å². The third-order valence-corrected chi connectivity index (χ3v) is 8.82. The van der Waals surface area contributed by atoms with Crippen LogP contribution >= 0.6 is 0 Å². The maximum Gasteiger partial charge on any atom is 0.239 e. The highest BCUT2D eigenvalue weighted by Gasteiger charge is 2.80. The summed E-state index contributed by atoms with van der Waals surface area (Å²) in [6.07, 6.45) is 0.852. The average Bonchev–Trinajstić information content (AvgIpc) is 3.45. The van der Waals surface area contributed by atoms with Gasteiger partial charge in [0.25, 0.3) is 0 Å². The van der Waals surface area contributed by atoms with Crippen LogP contribution in [0, 0.1) is 34.0 Å². The molecule has 2 bridgehead atoms. The van der Waals surface area contributed by atoms with Crippen LogP contribution in [0.2, 0.25) is 0 Å². The first kappa shape index (κ1) is 23.1. The number of allylic oxidation sites excluding steroid dienone is 2. The van der Waals surface area contributed by atoms with Crippen LogP contribution in [0.5, 0.6) is 0 Å². The third kappa shape index (κ3) is 2.70. The zero-order chi connectivity index (χ0) is 25.9. The molecule has 6 rings (SSSR count). The minimum Gasteiger partial charge on any atom is -0.298 e. The molecule has 4 atom stereocenters. The predicted molar refractivity (Wildman–Crippen MR) is 141 cm³/mol. The lowest BCUT2D eigenvalue weighted by molar-refractivity contribution is -0.134. The van der Waals surface area contributed by atoms with Crippen LogP contribution in [-0.2, 0) is 14.4 Å². The van der Waals surface area contributed by atoms with Crippen molar-refractivity contribution in [1.82, 2.24) is 0 Å². The summed E-state index contributed by atoms with van der Waals surface area (Å²) in [5.74, 6) is -2.19. The highest BCUT2D eigenvalue weighted by Crippen LogP contribution is 2.75. The summed E-state index contributed by atoms with van der Waals surface area (Å²) in [5.41, 5.74) is 2.31. The molecule has 0 N–H and O–H groups in total. The van der Waals surface area contributed by atoms with Gasteiger partial charge < -0.3 is 0 Å². The van der Waals surface area contributed by atoms with Gasteiger partial charge in [-0.1, -0.05) is 74.5 Å². The fraction of sp³-hybridized carbons (Fsp3) is 0.250. The van der Waals surface area contributed by atoms with Gasteiger partial charge in [-0.2, -0.15) is 5.26 Å². The number of nitrogens with zero attached hydrogens (tertiary/aromatic N) is 2. The minimum atomic E-state index is -1.10. The summed E-state index contributed by atoms with van der Waals surface area (Å²) in [7, 11) is 0. The Morgan fingerprint density at radius 1 is 0.703 bits per heavy atom. The molecular weight excluding hydrogens is 460 g/mol. The van der Waals surface area contributed by atoms with Crippen molar-refractivity contribution >= 4 is 34.4 Å². The second kappa shape index (κ2) is 8.11. The van der Waals surface area contributed by atoms with Crippen LogP contribution in [-0.4, -0.2) is 17.6 Å². The van der Waals surface area contributed by atoms with Crippen LogP contribution in [0.4, 0.5) is 5.69 Å². The molecule has 2 aliphatic carbocycles. The van der Waals surface area contributed by atoms with Crippen molar-refractivity contribution in [2.24, 2.45) is 22.7 Å². The molecule has 3 aliphatic rings. The van der Waals surface area contributed by atoms with E-state index in [-0.39, 0.29) is 17.6 Å². The molecule has 37 heavy (non-hydrogen) atoms. The van der Waals surface area contributed by atoms with E-state index in [1.165, 1.54) is 4.90 Å². The predicted octanol–water partition coefficient (Wildman–Crippen LogP) is 5.66. The summed E-state index contributed by atoms with van der Waals surface area (Å²) in [6.45, 7) is 3.92. The fourth-order valence-electron chi connectivity index (χ4n) is 7.39. The standard InChI is InChI=1S/C32H26N2O3/c1-3-31-24(21-11-7-5-8-12-21)25(22-13-9-6-10-14-22)32(4-2,30(31)37)27-26(31)28(35)34(29(27)36)23-17-15-20(19-33)16-18-23/h5-18,26-27H,3-4H2,1-2H3/t26-,27-,31-,32+/m0/s1. The number of benzene rings is 3. The molecular formula is C32H26N2O3. The van der Waals surface area contributed by atoms with Gasteiger partial charge in [-0.3, -0.25) is 14.4 Å². The van der Waals surface area contributed by atoms with Crippen molar-refractivity contribution in [2.45, 2.75) is 26.7 Å². The summed E-state index contributed by atoms with van der Waals surface area (Å²) < 4.78 is 0. The molecule has 1 saturated heterocycles. The third-order valence-electron chi connectivity index (χ3n) is 8.82. The maximum absolute atomic E-state index is 14.7. The van der Waals surface area contributed by atoms with Gasteiger partial charge >= 0.3 is 0 Å². The molecule has 0 aromatic heterocycles. The van der Waals surface area contributed by atoms with E-state index in [0.717, 1.165) is 22.3 Å². The van der Waals surface area contributed by atoms with Crippen LogP contribution in [0.3, 0.4) is 0 Å². The number of hydrogen-bond acceptors (Lipinski definition) is 4. The highest BCUT2D eigenvalue weighted by atomic mass is 16.2. The van der Waals surface area contributed by atoms with Crippen LogP contribution < -0.4 is 4.90 Å². The number of fused-ring (bicyclic) bond motifs is 5. The quantitative estimate of drug-likeness (QED) is 0.436. The molecule has 1 heterocycles. The molecule has 182 valence electrons. The van der Waals surface area contributed by atoms with E-state index < -0.39 is 22.7 Å². The number of hydrogen-bond donors (Lipinski definition) is 0. The molecule has 1 saturated carbocycles. The van der Waals surface area contributed by atoms with Gasteiger partial charge in [-0.15, -0.1) is 0 Å². The first-order valence-corrected chi connectivity index (χ1v) is 12.8. The second-order valence-electron chi connectivity index (χ2n) is 10.1. The second-order valence-corrected chi connectivity index (χ2v) is 10.1. The molecule has 2 amide bonds. The van der Waals surface area contributed by atoms with E-state index in [4.69, 9.17) is 0 Å². The Hall–Kier alpha value is -4.30. The topological polar surface area (TPSA) is 78.2 Å². The largest absolute Gasteiger partial charge is 0.298 e. The molecule has 1 aliphatic heterocycles. The number of imide groups is 1. The van der Waals surface area contributed by atoms with E-state index in [1.54, 1.807) is 24.3 Å². The fourth-order valence-corrected chi connectivity index (χ4v) is 7.39. The van der Waals surface area contributed by atoms with Crippen LogP contribution in [0.25, 0.3) is 11.1 Å².